The summed E-state index contributed by atoms with van der Waals surface area (Å²) in [5, 5.41) is 12.4. The number of hydrogen-bond acceptors (Lipinski definition) is 5. The second kappa shape index (κ2) is 9.07. The van der Waals surface area contributed by atoms with Gasteiger partial charge in [0, 0.05) is 58.0 Å². The first-order chi connectivity index (χ1) is 17.7. The Bertz CT molecular complexity index is 1700. The number of hydrogen-bond donors (Lipinski definition) is 3. The van der Waals surface area contributed by atoms with Crippen LogP contribution in [0.5, 0.6) is 0 Å². The maximum Gasteiger partial charge on any atom is 0.224 e. The van der Waals surface area contributed by atoms with Crippen molar-refractivity contribution in [2.24, 2.45) is 0 Å². The van der Waals surface area contributed by atoms with Crippen molar-refractivity contribution in [2.45, 2.75) is 19.8 Å². The smallest absolute Gasteiger partial charge is 0.224 e. The van der Waals surface area contributed by atoms with E-state index < -0.39 is 0 Å². The molecule has 0 aliphatic carbocycles. The first-order valence-corrected chi connectivity index (χ1v) is 11.8. The minimum atomic E-state index is -0.0222. The number of aromatic nitrogens is 6. The van der Waals surface area contributed by atoms with E-state index in [2.05, 4.69) is 53.6 Å². The van der Waals surface area contributed by atoms with Gasteiger partial charge in [0.15, 0.2) is 5.65 Å². The Kier molecular flexibility index (Phi) is 5.46. The van der Waals surface area contributed by atoms with Crippen molar-refractivity contribution in [3.8, 4) is 33.8 Å². The molecular weight excluding hydrogens is 450 g/mol. The van der Waals surface area contributed by atoms with Gasteiger partial charge in [0.1, 0.15) is 0 Å². The lowest BCUT2D eigenvalue weighted by molar-refractivity contribution is -0.116. The van der Waals surface area contributed by atoms with Crippen LogP contribution in [0.25, 0.3) is 55.7 Å². The molecule has 0 atom stereocenters. The highest BCUT2D eigenvalue weighted by Gasteiger charge is 2.15. The molecular formula is C28H23N7O. The number of amides is 1. The Hall–Kier alpha value is -4.85. The number of nitrogens with zero attached hydrogens (tertiary/aromatic N) is 4. The van der Waals surface area contributed by atoms with E-state index in [4.69, 9.17) is 0 Å². The molecule has 0 bridgehead atoms. The summed E-state index contributed by atoms with van der Waals surface area (Å²) >= 11 is 0. The molecule has 6 aromatic rings. The molecule has 5 aromatic heterocycles. The Labute approximate surface area is 206 Å². The number of rotatable bonds is 6. The van der Waals surface area contributed by atoms with Crippen LogP contribution in [0, 0.1) is 0 Å². The van der Waals surface area contributed by atoms with Crippen LogP contribution >= 0.6 is 0 Å². The summed E-state index contributed by atoms with van der Waals surface area (Å²) in [7, 11) is 0. The van der Waals surface area contributed by atoms with Crippen LogP contribution in [0.1, 0.15) is 19.8 Å². The normalized spacial score (nSPS) is 11.2. The Balaban J connectivity index is 1.40. The van der Waals surface area contributed by atoms with Gasteiger partial charge in [0.2, 0.25) is 5.91 Å². The summed E-state index contributed by atoms with van der Waals surface area (Å²) in [6.45, 7) is 1.98. The number of aromatic amines is 2. The van der Waals surface area contributed by atoms with Gasteiger partial charge in [-0.3, -0.25) is 19.9 Å². The molecule has 0 radical (unpaired) electrons. The van der Waals surface area contributed by atoms with Crippen molar-refractivity contribution in [1.82, 2.24) is 30.1 Å². The molecule has 0 unspecified atom stereocenters. The summed E-state index contributed by atoms with van der Waals surface area (Å²) < 4.78 is 0. The van der Waals surface area contributed by atoms with Crippen molar-refractivity contribution >= 4 is 33.5 Å². The van der Waals surface area contributed by atoms with E-state index in [1.165, 1.54) is 0 Å². The van der Waals surface area contributed by atoms with E-state index >= 15 is 0 Å². The zero-order chi connectivity index (χ0) is 24.5. The maximum absolute atomic E-state index is 12.0. The topological polar surface area (TPSA) is 112 Å². The molecule has 6 rings (SSSR count). The first kappa shape index (κ1) is 21.7. The fourth-order valence-electron chi connectivity index (χ4n) is 4.41. The third-order valence-corrected chi connectivity index (χ3v) is 6.12. The molecule has 5 heterocycles. The third-order valence-electron chi connectivity index (χ3n) is 6.12. The first-order valence-electron chi connectivity index (χ1n) is 11.8. The van der Waals surface area contributed by atoms with Gasteiger partial charge in [-0.2, -0.15) is 5.10 Å². The number of pyridine rings is 3. The van der Waals surface area contributed by atoms with E-state index in [0.717, 1.165) is 56.5 Å². The minimum Gasteiger partial charge on any atom is -0.353 e. The van der Waals surface area contributed by atoms with Crippen LogP contribution in [-0.4, -0.2) is 36.0 Å². The highest BCUT2D eigenvalue weighted by atomic mass is 16.1. The van der Waals surface area contributed by atoms with Crippen LogP contribution in [-0.2, 0) is 4.79 Å². The van der Waals surface area contributed by atoms with E-state index in [1.54, 1.807) is 24.8 Å². The largest absolute Gasteiger partial charge is 0.353 e. The van der Waals surface area contributed by atoms with Crippen LogP contribution in [0.15, 0.2) is 79.4 Å². The number of benzene rings is 1. The molecule has 0 aliphatic rings. The van der Waals surface area contributed by atoms with Gasteiger partial charge in [-0.15, -0.1) is 0 Å². The lowest BCUT2D eigenvalue weighted by Gasteiger charge is -2.07. The Morgan fingerprint density at radius 3 is 2.72 bits per heavy atom. The third kappa shape index (κ3) is 3.98. The summed E-state index contributed by atoms with van der Waals surface area (Å²) in [5.74, 6) is -0.0222. The van der Waals surface area contributed by atoms with Crippen LogP contribution in [0.4, 0.5) is 5.69 Å². The van der Waals surface area contributed by atoms with Crippen LogP contribution in [0.2, 0.25) is 0 Å². The Morgan fingerprint density at radius 1 is 0.944 bits per heavy atom. The predicted octanol–water partition coefficient (Wildman–Crippen LogP) is 5.97. The van der Waals surface area contributed by atoms with Gasteiger partial charge in [-0.05, 0) is 42.8 Å². The van der Waals surface area contributed by atoms with Crippen LogP contribution < -0.4 is 5.32 Å². The zero-order valence-corrected chi connectivity index (χ0v) is 19.6. The lowest BCUT2D eigenvalue weighted by atomic mass is 10.1. The quantitative estimate of drug-likeness (QED) is 0.276. The zero-order valence-electron chi connectivity index (χ0n) is 19.6. The second-order valence-electron chi connectivity index (χ2n) is 8.62. The molecule has 176 valence electrons. The molecule has 8 heteroatoms. The molecule has 0 saturated heterocycles. The molecule has 0 aliphatic heterocycles. The van der Waals surface area contributed by atoms with Crippen molar-refractivity contribution in [2.75, 3.05) is 5.32 Å². The fraction of sp³-hybridized carbons (Fsp3) is 0.107. The number of nitrogens with one attached hydrogen (secondary N) is 3. The van der Waals surface area contributed by atoms with Crippen molar-refractivity contribution in [1.29, 1.82) is 0 Å². The molecule has 0 fully saturated rings. The maximum atomic E-state index is 12.0. The summed E-state index contributed by atoms with van der Waals surface area (Å²) in [6, 6.07) is 18.1. The number of carbonyl (C=O) groups excluding carboxylic acids is 1. The molecule has 1 amide bonds. The molecule has 0 saturated carbocycles. The number of carbonyl (C=O) groups is 1. The number of anilines is 1. The second-order valence-corrected chi connectivity index (χ2v) is 8.62. The molecule has 0 spiro atoms. The van der Waals surface area contributed by atoms with E-state index in [9.17, 15) is 4.79 Å². The van der Waals surface area contributed by atoms with Gasteiger partial charge in [-0.25, -0.2) is 4.98 Å². The number of H-pyrrole nitrogens is 2. The van der Waals surface area contributed by atoms with Crippen molar-refractivity contribution in [3.05, 3.63) is 79.4 Å². The SMILES string of the molecule is CCCC(=O)Nc1cncc(-c2cnc3n[nH]c(-c4cc5c(-c6ccccn6)cccc5[nH]4)c3c2)c1. The predicted molar refractivity (Wildman–Crippen MR) is 141 cm³/mol. The molecule has 1 aromatic carbocycles. The fourth-order valence-corrected chi connectivity index (χ4v) is 4.41. The molecule has 8 nitrogen and oxygen atoms in total. The average molecular weight is 474 g/mol. The highest BCUT2D eigenvalue weighted by molar-refractivity contribution is 6.00. The molecule has 3 N–H and O–H groups in total. The van der Waals surface area contributed by atoms with E-state index in [1.807, 2.05) is 43.3 Å². The highest BCUT2D eigenvalue weighted by Crippen LogP contribution is 2.34. The molecule has 36 heavy (non-hydrogen) atoms. The monoisotopic (exact) mass is 473 g/mol. The van der Waals surface area contributed by atoms with Gasteiger partial charge in [0.25, 0.3) is 0 Å². The van der Waals surface area contributed by atoms with Gasteiger partial charge in [-0.1, -0.05) is 25.1 Å². The summed E-state index contributed by atoms with van der Waals surface area (Å²) in [6.07, 6.45) is 8.25. The van der Waals surface area contributed by atoms with Gasteiger partial charge in [0.05, 0.1) is 29.0 Å². The average Bonchev–Trinajstić information content (AvgIpc) is 3.53. The van der Waals surface area contributed by atoms with Crippen LogP contribution in [0.3, 0.4) is 0 Å². The lowest BCUT2D eigenvalue weighted by Crippen LogP contribution is -2.10. The van der Waals surface area contributed by atoms with Gasteiger partial charge < -0.3 is 10.3 Å². The van der Waals surface area contributed by atoms with Crippen molar-refractivity contribution in [3.63, 3.8) is 0 Å². The van der Waals surface area contributed by atoms with Gasteiger partial charge >= 0.3 is 0 Å². The van der Waals surface area contributed by atoms with Crippen molar-refractivity contribution < 1.29 is 4.79 Å². The Morgan fingerprint density at radius 2 is 1.86 bits per heavy atom. The standard InChI is InChI=1S/C28H23N7O/c1-2-6-26(36)32-19-11-17(14-29-16-19)18-12-22-27(34-35-28(22)31-15-18)25-13-21-20(7-5-9-24(21)33-25)23-8-3-4-10-30-23/h3-5,7-16,33H,2,6H2,1H3,(H,32,36)(H,31,34,35). The minimum absolute atomic E-state index is 0.0222. The van der Waals surface area contributed by atoms with E-state index in [-0.39, 0.29) is 5.91 Å². The van der Waals surface area contributed by atoms with E-state index in [0.29, 0.717) is 17.8 Å². The number of fused-ring (bicyclic) bond motifs is 2. The summed E-state index contributed by atoms with van der Waals surface area (Å²) in [5.41, 5.74) is 7.79. The summed E-state index contributed by atoms with van der Waals surface area (Å²) in [4.78, 5) is 28.9.